The van der Waals surface area contributed by atoms with Crippen LogP contribution < -0.4 is 20.3 Å². The predicted molar refractivity (Wildman–Crippen MR) is 252 cm³/mol. The molecule has 2 aromatic heterocycles. The minimum atomic E-state index is -1.05. The molecule has 0 radical (unpaired) electrons. The van der Waals surface area contributed by atoms with E-state index in [1.165, 1.54) is 11.2 Å². The zero-order chi connectivity index (χ0) is 46.2. The summed E-state index contributed by atoms with van der Waals surface area (Å²) in [6, 6.07) is 42.1. The highest BCUT2D eigenvalue weighted by atomic mass is 16.6. The maximum atomic E-state index is 13.2. The molecule has 0 fully saturated rings. The van der Waals surface area contributed by atoms with Gasteiger partial charge >= 0.3 is 6.09 Å². The van der Waals surface area contributed by atoms with Gasteiger partial charge in [-0.25, -0.2) is 9.78 Å². The molecule has 0 bridgehead atoms. The number of amides is 2. The van der Waals surface area contributed by atoms with E-state index in [0.29, 0.717) is 6.42 Å². The summed E-state index contributed by atoms with van der Waals surface area (Å²) in [5.74, 6) is 0.987. The van der Waals surface area contributed by atoms with Crippen LogP contribution in [0.1, 0.15) is 60.4 Å². The molecule has 5 aromatic carbocycles. The summed E-state index contributed by atoms with van der Waals surface area (Å²) in [6.07, 6.45) is 1.01. The second kappa shape index (κ2) is 20.3. The lowest BCUT2D eigenvalue weighted by atomic mass is 9.80. The first kappa shape index (κ1) is 45.3. The highest BCUT2D eigenvalue weighted by Crippen LogP contribution is 2.45. The summed E-state index contributed by atoms with van der Waals surface area (Å²) in [5, 5.41) is 2.70. The largest absolute Gasteiger partial charge is 0.497 e. The highest BCUT2D eigenvalue weighted by Gasteiger charge is 2.39. The fourth-order valence-electron chi connectivity index (χ4n) is 8.46. The molecule has 1 aliphatic rings. The van der Waals surface area contributed by atoms with Gasteiger partial charge in [0, 0.05) is 25.9 Å². The fourth-order valence-corrected chi connectivity index (χ4v) is 8.46. The van der Waals surface area contributed by atoms with Gasteiger partial charge in [0.2, 0.25) is 11.9 Å². The molecular weight excluding hydrogens is 837 g/mol. The van der Waals surface area contributed by atoms with Gasteiger partial charge in [-0.3, -0.25) is 24.5 Å². The molecule has 14 heteroatoms. The minimum Gasteiger partial charge on any atom is -0.497 e. The van der Waals surface area contributed by atoms with E-state index in [1.807, 2.05) is 103 Å². The van der Waals surface area contributed by atoms with E-state index in [9.17, 15) is 14.4 Å². The molecule has 0 saturated heterocycles. The average molecular weight is 891 g/mol. The number of nitrogens with zero attached hydrogens (tertiary/aromatic N) is 4. The molecule has 0 unspecified atom stereocenters. The van der Waals surface area contributed by atoms with Crippen molar-refractivity contribution >= 4 is 29.1 Å². The van der Waals surface area contributed by atoms with Crippen molar-refractivity contribution in [2.24, 2.45) is 5.92 Å². The number of hydrogen-bond acceptors (Lipinski definition) is 10. The summed E-state index contributed by atoms with van der Waals surface area (Å²) in [6.45, 7) is 4.77. The van der Waals surface area contributed by atoms with E-state index >= 15 is 0 Å². The van der Waals surface area contributed by atoms with Gasteiger partial charge < -0.3 is 28.6 Å². The Balaban J connectivity index is 0.904. The van der Waals surface area contributed by atoms with Crippen LogP contribution in [0, 0.1) is 5.92 Å². The molecule has 14 nitrogen and oxygen atoms in total. The van der Waals surface area contributed by atoms with E-state index in [1.54, 1.807) is 25.8 Å². The Bertz CT molecular complexity index is 2730. The summed E-state index contributed by atoms with van der Waals surface area (Å²) < 4.78 is 32.1. The maximum Gasteiger partial charge on any atom is 0.409 e. The summed E-state index contributed by atoms with van der Waals surface area (Å²) in [5.41, 5.74) is 6.05. The second-order valence-corrected chi connectivity index (χ2v) is 16.6. The van der Waals surface area contributed by atoms with E-state index < -0.39 is 23.4 Å². The van der Waals surface area contributed by atoms with Crippen LogP contribution in [0.4, 0.5) is 10.7 Å². The van der Waals surface area contributed by atoms with Gasteiger partial charge in [0.05, 0.1) is 33.3 Å². The fraction of sp³-hybridized carbons (Fsp3) is 0.288. The van der Waals surface area contributed by atoms with E-state index in [0.717, 1.165) is 50.4 Å². The third kappa shape index (κ3) is 9.56. The molecule has 8 rings (SSSR count). The van der Waals surface area contributed by atoms with Crippen LogP contribution >= 0.6 is 0 Å². The molecule has 1 aliphatic carbocycles. The molecule has 7 aromatic rings. The van der Waals surface area contributed by atoms with Gasteiger partial charge in [0.1, 0.15) is 30.4 Å². The molecule has 66 heavy (non-hydrogen) atoms. The lowest BCUT2D eigenvalue weighted by Crippen LogP contribution is -2.38. The number of ether oxygens (including phenoxy) is 5. The molecule has 2 heterocycles. The Kier molecular flexibility index (Phi) is 13.9. The SMILES string of the molecule is COc1ccc(C(OC[C@@H](OCn2cnc3c(=O)[nH]c(NC(=O)CCCN(C)C(=O)OCC4c5ccccc5-c5ccccc54)nc32)C(C)C)(c2ccccc2)c2ccc(OC)cc2)cc1. The van der Waals surface area contributed by atoms with E-state index in [2.05, 4.69) is 58.4 Å². The number of carbonyl (C=O) groups is 2. The molecule has 2 amide bonds. The van der Waals surface area contributed by atoms with Crippen molar-refractivity contribution in [3.63, 3.8) is 0 Å². The van der Waals surface area contributed by atoms with E-state index in [-0.39, 0.29) is 67.8 Å². The van der Waals surface area contributed by atoms with Crippen molar-refractivity contribution in [2.75, 3.05) is 46.3 Å². The number of aromatic amines is 1. The van der Waals surface area contributed by atoms with Crippen LogP contribution in [0.2, 0.25) is 0 Å². The number of rotatable bonds is 19. The Labute approximate surface area is 383 Å². The number of carbonyl (C=O) groups excluding carboxylic acids is 2. The standard InChI is InChI=1S/C52H54N6O8/c1-34(2)45(31-66-52(35-14-7-6-8-15-35,36-21-25-38(62-4)26-22-36)37-23-27-39(63-5)28-24-37)65-33-58-32-53-47-48(58)55-50(56-49(47)60)54-46(59)20-13-29-57(3)51(61)64-30-44-42-18-11-9-16-40(42)41-17-10-12-19-43(41)44/h6-12,14-19,21-28,32,34,44-45H,13,20,29-31,33H2,1-5H3,(H2,54,55,56,59,60)/t45-/m1/s1. The third-order valence-electron chi connectivity index (χ3n) is 12.1. The summed E-state index contributed by atoms with van der Waals surface area (Å²) in [4.78, 5) is 52.2. The van der Waals surface area contributed by atoms with Crippen molar-refractivity contribution in [1.29, 1.82) is 0 Å². The van der Waals surface area contributed by atoms with Gasteiger partial charge in [0.25, 0.3) is 5.56 Å². The van der Waals surface area contributed by atoms with Crippen LogP contribution in [0.5, 0.6) is 11.5 Å². The van der Waals surface area contributed by atoms with Gasteiger partial charge in [-0.15, -0.1) is 0 Å². The molecule has 1 atom stereocenters. The predicted octanol–water partition coefficient (Wildman–Crippen LogP) is 8.74. The third-order valence-corrected chi connectivity index (χ3v) is 12.1. The van der Waals surface area contributed by atoms with E-state index in [4.69, 9.17) is 23.7 Å². The highest BCUT2D eigenvalue weighted by molar-refractivity contribution is 5.89. The molecule has 2 N–H and O–H groups in total. The molecule has 0 aliphatic heterocycles. The Hall–Kier alpha value is -7.29. The average Bonchev–Trinajstić information content (AvgIpc) is 3.91. The number of benzene rings is 5. The number of hydrogen-bond donors (Lipinski definition) is 2. The topological polar surface area (TPSA) is 159 Å². The number of fused-ring (bicyclic) bond motifs is 4. The normalized spacial score (nSPS) is 12.7. The van der Waals surface area contributed by atoms with Crippen molar-refractivity contribution in [1.82, 2.24) is 24.4 Å². The molecule has 340 valence electrons. The first-order valence-electron chi connectivity index (χ1n) is 22.0. The lowest BCUT2D eigenvalue weighted by Gasteiger charge is -2.37. The second-order valence-electron chi connectivity index (χ2n) is 16.6. The van der Waals surface area contributed by atoms with Crippen molar-refractivity contribution in [3.8, 4) is 22.6 Å². The zero-order valence-electron chi connectivity index (χ0n) is 37.7. The molecule has 0 saturated carbocycles. The Morgan fingerprint density at radius 1 is 0.803 bits per heavy atom. The van der Waals surface area contributed by atoms with Gasteiger partial charge in [-0.2, -0.15) is 4.98 Å². The first-order chi connectivity index (χ1) is 32.1. The van der Waals surface area contributed by atoms with Crippen LogP contribution in [0.25, 0.3) is 22.3 Å². The van der Waals surface area contributed by atoms with Crippen LogP contribution in [0.15, 0.2) is 139 Å². The van der Waals surface area contributed by atoms with Crippen molar-refractivity contribution in [2.45, 2.75) is 51.0 Å². The number of H-pyrrole nitrogens is 1. The quantitative estimate of drug-likeness (QED) is 0.0752. The van der Waals surface area contributed by atoms with Crippen molar-refractivity contribution in [3.05, 3.63) is 172 Å². The number of methoxy groups -OCH3 is 2. The lowest BCUT2D eigenvalue weighted by molar-refractivity contribution is -0.116. The van der Waals surface area contributed by atoms with Crippen molar-refractivity contribution < 1.29 is 33.3 Å². The summed E-state index contributed by atoms with van der Waals surface area (Å²) in [7, 11) is 4.91. The summed E-state index contributed by atoms with van der Waals surface area (Å²) >= 11 is 0. The minimum absolute atomic E-state index is 0.00183. The van der Waals surface area contributed by atoms with Gasteiger partial charge in [-0.1, -0.05) is 117 Å². The number of nitrogens with one attached hydrogen (secondary N) is 2. The first-order valence-corrected chi connectivity index (χ1v) is 22.0. The van der Waals surface area contributed by atoms with Crippen LogP contribution in [-0.4, -0.2) is 83.5 Å². The zero-order valence-corrected chi connectivity index (χ0v) is 37.7. The molecule has 0 spiro atoms. The maximum absolute atomic E-state index is 13.2. The van der Waals surface area contributed by atoms with Gasteiger partial charge in [-0.05, 0) is 75.5 Å². The monoisotopic (exact) mass is 890 g/mol. The van der Waals surface area contributed by atoms with Crippen LogP contribution in [0.3, 0.4) is 0 Å². The molecular formula is C52H54N6O8. The number of imidazole rings is 1. The number of anilines is 1. The van der Waals surface area contributed by atoms with Gasteiger partial charge in [0.15, 0.2) is 11.2 Å². The van der Waals surface area contributed by atoms with Crippen LogP contribution in [-0.2, 0) is 31.3 Å². The number of aromatic nitrogens is 4. The Morgan fingerprint density at radius 2 is 1.38 bits per heavy atom. The Morgan fingerprint density at radius 3 is 1.97 bits per heavy atom. The smallest absolute Gasteiger partial charge is 0.409 e.